The van der Waals surface area contributed by atoms with Crippen molar-refractivity contribution in [3.8, 4) is 29.1 Å². The number of hydrogen-bond donors (Lipinski definition) is 3. The van der Waals surface area contributed by atoms with Crippen LogP contribution in [0.15, 0.2) is 72.9 Å². The summed E-state index contributed by atoms with van der Waals surface area (Å²) in [5, 5.41) is 9.60. The first kappa shape index (κ1) is 34.0. The Bertz CT molecular complexity index is 1710. The van der Waals surface area contributed by atoms with E-state index in [1.165, 1.54) is 0 Å². The topological polar surface area (TPSA) is 107 Å². The number of methoxy groups -OCH3 is 3. The number of anilines is 4. The Morgan fingerprint density at radius 1 is 0.913 bits per heavy atom. The molecule has 9 nitrogen and oxygen atoms in total. The normalized spacial score (nSPS) is 11.7. The molecule has 3 N–H and O–H groups in total. The molecule has 46 heavy (non-hydrogen) atoms. The minimum absolute atomic E-state index is 0.192. The Balaban J connectivity index is 1.64. The van der Waals surface area contributed by atoms with Gasteiger partial charge in [-0.3, -0.25) is 0 Å². The van der Waals surface area contributed by atoms with Gasteiger partial charge in [0, 0.05) is 23.4 Å². The van der Waals surface area contributed by atoms with Crippen molar-refractivity contribution in [2.24, 2.45) is 11.8 Å². The summed E-state index contributed by atoms with van der Waals surface area (Å²) >= 11 is 5.51. The number of para-hydroxylation sites is 1. The van der Waals surface area contributed by atoms with Crippen molar-refractivity contribution in [2.75, 3.05) is 38.5 Å². The molecule has 3 aromatic carbocycles. The van der Waals surface area contributed by atoms with E-state index in [4.69, 9.17) is 34.8 Å². The number of aromatic nitrogens is 2. The standard InChI is InChI=1S/C36H39N5O4.Cu/c1-7-24(2)25(3)19-20-37-35(42)29-15-11-12-16-30(29)40-34-27(18-17-26-13-9-8-10-14-26)23-38-36(41-34)39-28-21-31(43-4)33(45-6)32(22-28)44-5;/h8-16,21-25H,19-20H2,1-6H3,(H,37,42)(H2,38,39,40,41);. The van der Waals surface area contributed by atoms with Crippen LogP contribution in [0.4, 0.5) is 23.1 Å². The molecule has 10 heteroatoms. The van der Waals surface area contributed by atoms with Gasteiger partial charge in [-0.2, -0.15) is 0 Å². The van der Waals surface area contributed by atoms with Gasteiger partial charge in [0.05, 0.1) is 27.5 Å². The first-order valence-corrected chi connectivity index (χ1v) is 15.3. The molecule has 243 valence electrons. The molecule has 0 fully saturated rings. The van der Waals surface area contributed by atoms with Gasteiger partial charge in [-0.05, 0) is 12.1 Å². The van der Waals surface area contributed by atoms with Crippen LogP contribution in [0, 0.1) is 23.7 Å². The second-order valence-electron chi connectivity index (χ2n) is 10.6. The molecule has 0 aliphatic rings. The second kappa shape index (κ2) is 16.5. The molecule has 4 aromatic rings. The van der Waals surface area contributed by atoms with Crippen LogP contribution in [0.25, 0.3) is 0 Å². The van der Waals surface area contributed by atoms with E-state index < -0.39 is 0 Å². The van der Waals surface area contributed by atoms with Crippen LogP contribution >= 0.6 is 0 Å². The monoisotopic (exact) mass is 668 g/mol. The molecule has 0 bridgehead atoms. The molecule has 2 atom stereocenters. The van der Waals surface area contributed by atoms with Gasteiger partial charge in [-0.15, -0.1) is 0 Å². The molecule has 0 spiro atoms. The number of nitrogens with one attached hydrogen (secondary N) is 3. The van der Waals surface area contributed by atoms with Gasteiger partial charge in [0.1, 0.15) is 0 Å². The number of rotatable bonds is 13. The van der Waals surface area contributed by atoms with Crippen LogP contribution in [0.2, 0.25) is 0 Å². The predicted octanol–water partition coefficient (Wildman–Crippen LogP) is 6.52. The van der Waals surface area contributed by atoms with Crippen molar-refractivity contribution >= 4 is 33.5 Å². The molecule has 1 amide bonds. The van der Waals surface area contributed by atoms with Crippen LogP contribution in [-0.4, -0.2) is 48.2 Å². The van der Waals surface area contributed by atoms with E-state index in [2.05, 4.69) is 46.6 Å². The molecule has 0 aliphatic carbocycles. The van der Waals surface area contributed by atoms with Crippen molar-refractivity contribution < 1.29 is 34.6 Å². The number of ether oxygens (including phenoxy) is 3. The van der Waals surface area contributed by atoms with Crippen LogP contribution in [0.1, 0.15) is 48.7 Å². The maximum atomic E-state index is 13.3. The van der Waals surface area contributed by atoms with Crippen molar-refractivity contribution in [1.82, 2.24) is 15.3 Å². The molecule has 4 rings (SSSR count). The molecule has 1 aromatic heterocycles. The van der Waals surface area contributed by atoms with Gasteiger partial charge in [0.25, 0.3) is 0 Å². The van der Waals surface area contributed by atoms with Crippen molar-refractivity contribution in [1.29, 1.82) is 0 Å². The summed E-state index contributed by atoms with van der Waals surface area (Å²) in [4.78, 5) is 22.6. The zero-order valence-electron chi connectivity index (χ0n) is 26.8. The second-order valence-corrected chi connectivity index (χ2v) is 11.4. The number of amides is 1. The molecular formula is C36H39CuN5O4. The summed E-state index contributed by atoms with van der Waals surface area (Å²) in [6, 6.07) is 20.5. The molecule has 1 heterocycles. The Hall–Kier alpha value is -4.84. The molecule has 0 saturated carbocycles. The van der Waals surface area contributed by atoms with Gasteiger partial charge in [0.2, 0.25) is 11.7 Å². The Labute approximate surface area is 278 Å². The average Bonchev–Trinajstić information content (AvgIpc) is 3.07. The number of nitrogens with zero attached hydrogens (tertiary/aromatic N) is 2. The minimum atomic E-state index is -0.192. The SMILES string of the molecule is COc1cc(Nc2ncc(C#Cc3ccccc3)c(Nc3ccccc3C(=O)NCCC(C)C(C)[C](C)=[Cu])n2)cc(OC)c1OC. The number of benzene rings is 3. The van der Waals surface area contributed by atoms with Gasteiger partial charge >= 0.3 is 139 Å². The summed E-state index contributed by atoms with van der Waals surface area (Å²) in [5.74, 6) is 8.94. The van der Waals surface area contributed by atoms with E-state index >= 15 is 0 Å². The number of carbonyl (C=O) groups is 1. The molecule has 2 unspecified atom stereocenters. The third kappa shape index (κ3) is 8.87. The number of hydrogen-bond acceptors (Lipinski definition) is 8. The Kier molecular flexibility index (Phi) is 12.2. The van der Waals surface area contributed by atoms with Gasteiger partial charge in [-0.1, -0.05) is 30.0 Å². The van der Waals surface area contributed by atoms with Crippen molar-refractivity contribution in [2.45, 2.75) is 27.2 Å². The fourth-order valence-corrected chi connectivity index (χ4v) is 4.89. The van der Waals surface area contributed by atoms with E-state index in [1.54, 1.807) is 45.7 Å². The van der Waals surface area contributed by atoms with E-state index in [9.17, 15) is 4.79 Å². The minimum Gasteiger partial charge on any atom is -0.493 e. The molecular weight excluding hydrogens is 630 g/mol. The first-order valence-electron chi connectivity index (χ1n) is 14.8. The molecule has 0 radical (unpaired) electrons. The van der Waals surface area contributed by atoms with Crippen molar-refractivity contribution in [3.63, 3.8) is 0 Å². The summed E-state index contributed by atoms with van der Waals surface area (Å²) in [5.41, 5.74) is 3.07. The van der Waals surface area contributed by atoms with E-state index in [-0.39, 0.29) is 5.91 Å². The van der Waals surface area contributed by atoms with Crippen LogP contribution in [-0.2, 0) is 15.6 Å². The third-order valence-electron chi connectivity index (χ3n) is 7.58. The average molecular weight is 669 g/mol. The van der Waals surface area contributed by atoms with Crippen LogP contribution in [0.5, 0.6) is 17.2 Å². The fourth-order valence-electron chi connectivity index (χ4n) is 4.62. The molecule has 0 saturated heterocycles. The third-order valence-corrected chi connectivity index (χ3v) is 8.01. The van der Waals surface area contributed by atoms with E-state index in [0.29, 0.717) is 69.9 Å². The summed E-state index contributed by atoms with van der Waals surface area (Å²) in [7, 11) is 4.65. The first-order chi connectivity index (χ1) is 22.2. The zero-order valence-corrected chi connectivity index (χ0v) is 27.8. The van der Waals surface area contributed by atoms with E-state index in [1.807, 2.05) is 55.5 Å². The van der Waals surface area contributed by atoms with Crippen molar-refractivity contribution in [3.05, 3.63) is 89.6 Å². The molecule has 0 aliphatic heterocycles. The summed E-state index contributed by atoms with van der Waals surface area (Å²) in [6.07, 6.45) is 2.45. The van der Waals surface area contributed by atoms with Crippen LogP contribution in [0.3, 0.4) is 0 Å². The summed E-state index contributed by atoms with van der Waals surface area (Å²) < 4.78 is 17.4. The smallest absolute Gasteiger partial charge is 0.493 e. The summed E-state index contributed by atoms with van der Waals surface area (Å²) in [6.45, 7) is 6.76. The quantitative estimate of drug-likeness (QED) is 0.109. The zero-order chi connectivity index (χ0) is 33.1. The Morgan fingerprint density at radius 3 is 2.24 bits per heavy atom. The van der Waals surface area contributed by atoms with Crippen LogP contribution < -0.4 is 30.2 Å². The predicted molar refractivity (Wildman–Crippen MR) is 180 cm³/mol. The van der Waals surface area contributed by atoms with Gasteiger partial charge < -0.3 is 19.5 Å². The maximum absolute atomic E-state index is 13.3. The Morgan fingerprint density at radius 2 is 1.59 bits per heavy atom. The van der Waals surface area contributed by atoms with Gasteiger partial charge in [0.15, 0.2) is 11.5 Å². The fraction of sp³-hybridized carbons (Fsp3) is 0.278. The van der Waals surface area contributed by atoms with E-state index in [0.717, 1.165) is 16.4 Å². The number of carbonyl (C=O) groups excluding carboxylic acids is 1. The van der Waals surface area contributed by atoms with Gasteiger partial charge in [-0.25, -0.2) is 4.98 Å².